The van der Waals surface area contributed by atoms with Gasteiger partial charge in [-0.2, -0.15) is 0 Å². The molecule has 1 fully saturated rings. The Labute approximate surface area is 78.3 Å². The number of ketones is 1. The van der Waals surface area contributed by atoms with Gasteiger partial charge in [-0.25, -0.2) is 5.43 Å². The number of hydrazine groups is 1. The first kappa shape index (κ1) is 10.2. The van der Waals surface area contributed by atoms with Gasteiger partial charge in [-0.05, 0) is 12.8 Å². The van der Waals surface area contributed by atoms with E-state index >= 15 is 0 Å². The lowest BCUT2D eigenvalue weighted by molar-refractivity contribution is -0.133. The lowest BCUT2D eigenvalue weighted by atomic mass is 10.0. The number of rotatable bonds is 3. The van der Waals surface area contributed by atoms with Crippen molar-refractivity contribution in [2.45, 2.75) is 33.2 Å². The van der Waals surface area contributed by atoms with Crippen molar-refractivity contribution in [2.24, 2.45) is 5.92 Å². The third-order valence-corrected chi connectivity index (χ3v) is 2.20. The van der Waals surface area contributed by atoms with Crippen molar-refractivity contribution in [3.8, 4) is 0 Å². The number of nitrogens with zero attached hydrogens (tertiary/aromatic N) is 1. The predicted octanol–water partition coefficient (Wildman–Crippen LogP) is 0.337. The Balaban J connectivity index is 2.51. The summed E-state index contributed by atoms with van der Waals surface area (Å²) < 4.78 is 0. The molecule has 1 aliphatic rings. The van der Waals surface area contributed by atoms with Crippen molar-refractivity contribution in [2.75, 3.05) is 6.54 Å². The lowest BCUT2D eigenvalue weighted by Crippen LogP contribution is -2.41. The molecule has 1 unspecified atom stereocenters. The minimum atomic E-state index is 0.00487. The minimum absolute atomic E-state index is 0.00487. The first-order valence-electron chi connectivity index (χ1n) is 4.56. The van der Waals surface area contributed by atoms with Crippen LogP contribution in [-0.2, 0) is 9.59 Å². The monoisotopic (exact) mass is 184 g/mol. The average Bonchev–Trinajstić information content (AvgIpc) is 2.31. The summed E-state index contributed by atoms with van der Waals surface area (Å²) >= 11 is 0. The molecule has 4 nitrogen and oxygen atoms in total. The van der Waals surface area contributed by atoms with Crippen molar-refractivity contribution in [1.29, 1.82) is 0 Å². The Morgan fingerprint density at radius 1 is 1.69 bits per heavy atom. The molecular weight excluding hydrogens is 168 g/mol. The number of carbonyl (C=O) groups excluding carboxylic acids is 2. The van der Waals surface area contributed by atoms with E-state index in [2.05, 4.69) is 19.3 Å². The second-order valence-electron chi connectivity index (χ2n) is 3.87. The molecule has 1 heterocycles. The van der Waals surface area contributed by atoms with Gasteiger partial charge in [-0.1, -0.05) is 13.8 Å². The van der Waals surface area contributed by atoms with Gasteiger partial charge >= 0.3 is 0 Å². The summed E-state index contributed by atoms with van der Waals surface area (Å²) in [6.07, 6.45) is 0.505. The van der Waals surface area contributed by atoms with Gasteiger partial charge in [0.1, 0.15) is 0 Å². The number of amides is 1. The highest BCUT2D eigenvalue weighted by atomic mass is 16.2. The molecule has 1 N–H and O–H groups in total. The quantitative estimate of drug-likeness (QED) is 0.688. The summed E-state index contributed by atoms with van der Waals surface area (Å²) in [7, 11) is 0. The number of hydrogen-bond acceptors (Lipinski definition) is 3. The van der Waals surface area contributed by atoms with Gasteiger partial charge in [0.05, 0.1) is 6.54 Å². The van der Waals surface area contributed by atoms with E-state index in [1.54, 1.807) is 0 Å². The smallest absolute Gasteiger partial charge is 0.238 e. The highest BCUT2D eigenvalue weighted by molar-refractivity contribution is 5.85. The second-order valence-corrected chi connectivity index (χ2v) is 3.87. The second kappa shape index (κ2) is 3.87. The van der Waals surface area contributed by atoms with E-state index in [-0.39, 0.29) is 24.3 Å². The van der Waals surface area contributed by atoms with Crippen LogP contribution in [0, 0.1) is 5.92 Å². The van der Waals surface area contributed by atoms with E-state index in [0.717, 1.165) is 0 Å². The van der Waals surface area contributed by atoms with Crippen LogP contribution in [0.4, 0.5) is 0 Å². The van der Waals surface area contributed by atoms with Crippen LogP contribution in [0.15, 0.2) is 0 Å². The van der Waals surface area contributed by atoms with Crippen molar-refractivity contribution in [1.82, 2.24) is 10.4 Å². The molecular formula is C9H16N2O2. The molecule has 4 heteroatoms. The van der Waals surface area contributed by atoms with Gasteiger partial charge in [0.2, 0.25) is 5.91 Å². The van der Waals surface area contributed by atoms with Crippen LogP contribution in [-0.4, -0.2) is 29.3 Å². The van der Waals surface area contributed by atoms with Gasteiger partial charge in [0, 0.05) is 12.5 Å². The molecule has 1 atom stereocenters. The summed E-state index contributed by atoms with van der Waals surface area (Å²) in [6.45, 7) is 5.78. The predicted molar refractivity (Wildman–Crippen MR) is 48.8 cm³/mol. The van der Waals surface area contributed by atoms with Gasteiger partial charge in [0.15, 0.2) is 5.78 Å². The highest BCUT2D eigenvalue weighted by Crippen LogP contribution is 2.14. The fourth-order valence-corrected chi connectivity index (χ4v) is 1.36. The van der Waals surface area contributed by atoms with Crippen LogP contribution in [0.2, 0.25) is 0 Å². The first-order chi connectivity index (χ1) is 6.00. The van der Waals surface area contributed by atoms with Crippen molar-refractivity contribution >= 4 is 11.7 Å². The van der Waals surface area contributed by atoms with Crippen LogP contribution >= 0.6 is 0 Å². The Kier molecular flexibility index (Phi) is 3.03. The topological polar surface area (TPSA) is 49.4 Å². The fraction of sp³-hybridized carbons (Fsp3) is 0.778. The Hall–Kier alpha value is -0.900. The van der Waals surface area contributed by atoms with E-state index in [0.29, 0.717) is 12.3 Å². The molecule has 74 valence electrons. The SMILES string of the molecule is CC(=O)CN1NC(C(C)C)CC1=O. The molecule has 1 rings (SSSR count). The number of hydrogen-bond donors (Lipinski definition) is 1. The van der Waals surface area contributed by atoms with Gasteiger partial charge < -0.3 is 0 Å². The number of Topliss-reactive ketones (excluding diaryl/α,β-unsaturated/α-hetero) is 1. The maximum Gasteiger partial charge on any atom is 0.238 e. The Morgan fingerprint density at radius 2 is 2.31 bits per heavy atom. The molecule has 0 aliphatic carbocycles. The molecule has 0 spiro atoms. The van der Waals surface area contributed by atoms with Gasteiger partial charge in [-0.15, -0.1) is 0 Å². The fourth-order valence-electron chi connectivity index (χ4n) is 1.36. The van der Waals surface area contributed by atoms with Gasteiger partial charge in [0.25, 0.3) is 0 Å². The van der Waals surface area contributed by atoms with Crippen LogP contribution in [0.25, 0.3) is 0 Å². The Bertz CT molecular complexity index is 226. The molecule has 1 amide bonds. The zero-order valence-electron chi connectivity index (χ0n) is 8.33. The van der Waals surface area contributed by atoms with Crippen LogP contribution in [0.3, 0.4) is 0 Å². The zero-order valence-corrected chi connectivity index (χ0v) is 8.33. The Morgan fingerprint density at radius 3 is 2.69 bits per heavy atom. The molecule has 0 bridgehead atoms. The first-order valence-corrected chi connectivity index (χ1v) is 4.56. The maximum absolute atomic E-state index is 11.3. The number of carbonyl (C=O) groups is 2. The summed E-state index contributed by atoms with van der Waals surface area (Å²) in [5.41, 5.74) is 3.03. The van der Waals surface area contributed by atoms with Crippen LogP contribution < -0.4 is 5.43 Å². The largest absolute Gasteiger partial charge is 0.298 e. The van der Waals surface area contributed by atoms with E-state index in [1.807, 2.05) is 0 Å². The summed E-state index contributed by atoms with van der Waals surface area (Å²) in [5.74, 6) is 0.445. The lowest BCUT2D eigenvalue weighted by Gasteiger charge is -2.18. The standard InChI is InChI=1S/C9H16N2O2/c1-6(2)8-4-9(13)11(10-8)5-7(3)12/h6,8,10H,4-5H2,1-3H3. The number of nitrogens with one attached hydrogen (secondary N) is 1. The molecule has 0 aromatic rings. The molecule has 1 aliphatic heterocycles. The third kappa shape index (κ3) is 2.52. The molecule has 0 aromatic heterocycles. The van der Waals surface area contributed by atoms with Crippen molar-refractivity contribution in [3.05, 3.63) is 0 Å². The van der Waals surface area contributed by atoms with Crippen LogP contribution in [0.5, 0.6) is 0 Å². The minimum Gasteiger partial charge on any atom is -0.298 e. The summed E-state index contributed by atoms with van der Waals surface area (Å²) in [5, 5.41) is 1.42. The van der Waals surface area contributed by atoms with E-state index in [1.165, 1.54) is 11.9 Å². The molecule has 13 heavy (non-hydrogen) atoms. The third-order valence-electron chi connectivity index (χ3n) is 2.20. The summed E-state index contributed by atoms with van der Waals surface area (Å²) in [4.78, 5) is 22.1. The van der Waals surface area contributed by atoms with E-state index < -0.39 is 0 Å². The summed E-state index contributed by atoms with van der Waals surface area (Å²) in [6, 6.07) is 0.187. The van der Waals surface area contributed by atoms with Crippen LogP contribution in [0.1, 0.15) is 27.2 Å². The average molecular weight is 184 g/mol. The molecule has 0 aromatic carbocycles. The molecule has 1 saturated heterocycles. The van der Waals surface area contributed by atoms with E-state index in [4.69, 9.17) is 0 Å². The van der Waals surface area contributed by atoms with Crippen molar-refractivity contribution in [3.63, 3.8) is 0 Å². The highest BCUT2D eigenvalue weighted by Gasteiger charge is 2.31. The molecule has 0 radical (unpaired) electrons. The van der Waals surface area contributed by atoms with Crippen molar-refractivity contribution < 1.29 is 9.59 Å². The van der Waals surface area contributed by atoms with Gasteiger partial charge in [-0.3, -0.25) is 14.6 Å². The normalized spacial score (nSPS) is 22.9. The van der Waals surface area contributed by atoms with E-state index in [9.17, 15) is 9.59 Å². The molecule has 0 saturated carbocycles. The maximum atomic E-state index is 11.3. The zero-order chi connectivity index (χ0) is 10.0.